The van der Waals surface area contributed by atoms with Crippen LogP contribution in [0.4, 0.5) is 4.79 Å². The van der Waals surface area contributed by atoms with Gasteiger partial charge in [0, 0.05) is 5.92 Å². The molecule has 1 unspecified atom stereocenters. The highest BCUT2D eigenvalue weighted by atomic mass is 16.7. The van der Waals surface area contributed by atoms with Crippen LogP contribution in [0, 0.1) is 5.92 Å². The predicted octanol–water partition coefficient (Wildman–Crippen LogP) is 1.55. The van der Waals surface area contributed by atoms with Gasteiger partial charge in [0.2, 0.25) is 5.91 Å². The van der Waals surface area contributed by atoms with Crippen LogP contribution in [-0.2, 0) is 19.1 Å². The van der Waals surface area contributed by atoms with Gasteiger partial charge in [-0.15, -0.1) is 6.58 Å². The van der Waals surface area contributed by atoms with Crippen molar-refractivity contribution in [2.24, 2.45) is 5.92 Å². The Labute approximate surface area is 112 Å². The Hall–Kier alpha value is -1.85. The zero-order valence-electron chi connectivity index (χ0n) is 11.0. The van der Waals surface area contributed by atoms with E-state index >= 15 is 0 Å². The van der Waals surface area contributed by atoms with Crippen LogP contribution in [0.3, 0.4) is 0 Å². The van der Waals surface area contributed by atoms with Gasteiger partial charge < -0.3 is 14.8 Å². The third kappa shape index (κ3) is 4.73. The third-order valence-corrected chi connectivity index (χ3v) is 2.84. The van der Waals surface area contributed by atoms with Crippen molar-refractivity contribution in [1.82, 2.24) is 5.32 Å². The first-order chi connectivity index (χ1) is 9.08. The summed E-state index contributed by atoms with van der Waals surface area (Å²) in [5.41, 5.74) is 0. The van der Waals surface area contributed by atoms with Crippen LogP contribution >= 0.6 is 0 Å². The number of carbonyl (C=O) groups excluding carboxylic acids is 3. The van der Waals surface area contributed by atoms with Crippen molar-refractivity contribution in [3.8, 4) is 0 Å². The molecule has 1 saturated heterocycles. The van der Waals surface area contributed by atoms with E-state index in [2.05, 4.69) is 16.6 Å². The molecule has 0 saturated carbocycles. The Morgan fingerprint density at radius 2 is 2.26 bits per heavy atom. The molecule has 1 N–H and O–H groups in total. The summed E-state index contributed by atoms with van der Waals surface area (Å²) in [4.78, 5) is 34.3. The van der Waals surface area contributed by atoms with Crippen LogP contribution < -0.4 is 5.32 Å². The molecule has 106 valence electrons. The minimum atomic E-state index is -1.01. The maximum atomic E-state index is 11.6. The molecule has 1 amide bonds. The molecule has 0 spiro atoms. The van der Waals surface area contributed by atoms with Crippen molar-refractivity contribution in [2.75, 3.05) is 6.61 Å². The summed E-state index contributed by atoms with van der Waals surface area (Å²) in [5, 5.41) is 2.49. The second-order valence-electron chi connectivity index (χ2n) is 4.39. The van der Waals surface area contributed by atoms with Crippen LogP contribution in [0.25, 0.3) is 0 Å². The number of nitrogens with one attached hydrogen (secondary N) is 1. The lowest BCUT2D eigenvalue weighted by Gasteiger charge is -2.08. The zero-order valence-corrected chi connectivity index (χ0v) is 11.0. The number of hydrogen-bond donors (Lipinski definition) is 1. The summed E-state index contributed by atoms with van der Waals surface area (Å²) in [6, 6.07) is -0.781. The van der Waals surface area contributed by atoms with Gasteiger partial charge in [0.1, 0.15) is 6.04 Å². The van der Waals surface area contributed by atoms with Gasteiger partial charge in [-0.3, -0.25) is 4.79 Å². The van der Waals surface area contributed by atoms with Gasteiger partial charge in [-0.25, -0.2) is 9.59 Å². The average Bonchev–Trinajstić information content (AvgIpc) is 2.72. The monoisotopic (exact) mass is 269 g/mol. The van der Waals surface area contributed by atoms with Crippen LogP contribution in [0.5, 0.6) is 0 Å². The van der Waals surface area contributed by atoms with Crippen LogP contribution in [0.15, 0.2) is 12.7 Å². The Balaban J connectivity index is 2.36. The highest BCUT2D eigenvalue weighted by molar-refractivity contribution is 5.93. The minimum absolute atomic E-state index is 0.221. The molecule has 19 heavy (non-hydrogen) atoms. The zero-order chi connectivity index (χ0) is 14.3. The smallest absolute Gasteiger partial charge is 0.434 e. The van der Waals surface area contributed by atoms with Gasteiger partial charge >= 0.3 is 12.1 Å². The normalized spacial score (nSPS) is 21.6. The number of ether oxygens (including phenoxy) is 2. The minimum Gasteiger partial charge on any atom is -0.434 e. The van der Waals surface area contributed by atoms with Gasteiger partial charge in [-0.1, -0.05) is 19.4 Å². The van der Waals surface area contributed by atoms with Gasteiger partial charge in [0.05, 0.1) is 6.61 Å². The molecule has 0 aromatic heterocycles. The van der Waals surface area contributed by atoms with Gasteiger partial charge in [-0.2, -0.15) is 0 Å². The molecule has 0 aromatic rings. The summed E-state index contributed by atoms with van der Waals surface area (Å²) in [6.45, 7) is 5.72. The second-order valence-corrected chi connectivity index (χ2v) is 4.39. The Morgan fingerprint density at radius 3 is 2.89 bits per heavy atom. The first kappa shape index (κ1) is 15.2. The fourth-order valence-electron chi connectivity index (χ4n) is 1.78. The summed E-state index contributed by atoms with van der Waals surface area (Å²) >= 11 is 0. The first-order valence-electron chi connectivity index (χ1n) is 6.38. The first-order valence-corrected chi connectivity index (χ1v) is 6.38. The highest BCUT2D eigenvalue weighted by Gasteiger charge is 2.37. The number of hydrogen-bond acceptors (Lipinski definition) is 5. The Kier molecular flexibility index (Phi) is 6.05. The molecule has 1 fully saturated rings. The van der Waals surface area contributed by atoms with Crippen molar-refractivity contribution in [3.63, 3.8) is 0 Å². The highest BCUT2D eigenvalue weighted by Crippen LogP contribution is 2.20. The fourth-order valence-corrected chi connectivity index (χ4v) is 1.78. The summed E-state index contributed by atoms with van der Waals surface area (Å²) in [7, 11) is 0. The molecule has 1 heterocycles. The van der Waals surface area contributed by atoms with Crippen molar-refractivity contribution in [3.05, 3.63) is 12.7 Å². The summed E-state index contributed by atoms with van der Waals surface area (Å²) in [6.07, 6.45) is 3.01. The van der Waals surface area contributed by atoms with E-state index in [1.165, 1.54) is 0 Å². The maximum absolute atomic E-state index is 11.6. The second kappa shape index (κ2) is 7.56. The maximum Gasteiger partial charge on any atom is 0.516 e. The summed E-state index contributed by atoms with van der Waals surface area (Å²) in [5.74, 6) is -1.28. The number of amides is 1. The van der Waals surface area contributed by atoms with Gasteiger partial charge in [-0.05, 0) is 19.3 Å². The number of esters is 1. The van der Waals surface area contributed by atoms with E-state index in [4.69, 9.17) is 4.74 Å². The molecular formula is C13H19NO5. The Bertz CT molecular complexity index is 366. The van der Waals surface area contributed by atoms with Crippen molar-refractivity contribution in [1.29, 1.82) is 0 Å². The van der Waals surface area contributed by atoms with E-state index < -0.39 is 18.2 Å². The molecule has 6 heteroatoms. The van der Waals surface area contributed by atoms with Crippen LogP contribution in [-0.4, -0.2) is 30.7 Å². The van der Waals surface area contributed by atoms with E-state index in [1.54, 1.807) is 6.08 Å². The lowest BCUT2D eigenvalue weighted by Crippen LogP contribution is -2.36. The number of carbonyl (C=O) groups is 3. The molecule has 1 aliphatic heterocycles. The number of rotatable bonds is 6. The molecule has 2 atom stereocenters. The fraction of sp³-hybridized carbons (Fsp3) is 0.615. The van der Waals surface area contributed by atoms with E-state index in [0.29, 0.717) is 19.3 Å². The van der Waals surface area contributed by atoms with Crippen LogP contribution in [0.2, 0.25) is 0 Å². The predicted molar refractivity (Wildman–Crippen MR) is 67.2 cm³/mol. The third-order valence-electron chi connectivity index (χ3n) is 2.84. The largest absolute Gasteiger partial charge is 0.516 e. The van der Waals surface area contributed by atoms with E-state index in [-0.39, 0.29) is 18.4 Å². The topological polar surface area (TPSA) is 81.7 Å². The summed E-state index contributed by atoms with van der Waals surface area (Å²) < 4.78 is 9.22. The lowest BCUT2D eigenvalue weighted by molar-refractivity contribution is -0.142. The molecular weight excluding hydrogens is 250 g/mol. The average molecular weight is 269 g/mol. The standard InChI is InChI=1S/C13H19NO5/c1-3-5-7-18-13(17)19-12(16)10-8-9(6-4-2)11(15)14-10/h4,9-10H,2-3,5-8H2,1H3,(H,14,15)/t9?,10-/m0/s1. The van der Waals surface area contributed by atoms with E-state index in [9.17, 15) is 14.4 Å². The van der Waals surface area contributed by atoms with E-state index in [0.717, 1.165) is 6.42 Å². The van der Waals surface area contributed by atoms with Crippen molar-refractivity contribution < 1.29 is 23.9 Å². The van der Waals surface area contributed by atoms with Crippen molar-refractivity contribution in [2.45, 2.75) is 38.6 Å². The molecule has 1 aliphatic rings. The van der Waals surface area contributed by atoms with Gasteiger partial charge in [0.25, 0.3) is 0 Å². The lowest BCUT2D eigenvalue weighted by atomic mass is 10.0. The molecule has 1 rings (SSSR count). The molecule has 0 bridgehead atoms. The Morgan fingerprint density at radius 1 is 1.53 bits per heavy atom. The SMILES string of the molecule is C=CCC1C[C@@H](C(=O)OC(=O)OCCCC)NC1=O. The molecule has 0 aliphatic carbocycles. The molecule has 0 aromatic carbocycles. The van der Waals surface area contributed by atoms with E-state index in [1.807, 2.05) is 6.92 Å². The van der Waals surface area contributed by atoms with Crippen LogP contribution in [0.1, 0.15) is 32.6 Å². The quantitative estimate of drug-likeness (QED) is 0.342. The number of unbranched alkanes of at least 4 members (excludes halogenated alkanes) is 1. The molecule has 0 radical (unpaired) electrons. The number of allylic oxidation sites excluding steroid dienone is 1. The van der Waals surface area contributed by atoms with Crippen molar-refractivity contribution >= 4 is 18.0 Å². The van der Waals surface area contributed by atoms with Gasteiger partial charge in [0.15, 0.2) is 0 Å². The molecule has 6 nitrogen and oxygen atoms in total.